The first-order valence-corrected chi connectivity index (χ1v) is 7.32. The number of rotatable bonds is 4. The molecule has 0 saturated heterocycles. The molecule has 1 heterocycles. The summed E-state index contributed by atoms with van der Waals surface area (Å²) in [6.07, 6.45) is 1.88. The molecule has 0 fully saturated rings. The lowest BCUT2D eigenvalue weighted by molar-refractivity contribution is -0.120. The van der Waals surface area contributed by atoms with E-state index in [0.717, 1.165) is 24.2 Å². The van der Waals surface area contributed by atoms with Gasteiger partial charge in [0.15, 0.2) is 0 Å². The van der Waals surface area contributed by atoms with Gasteiger partial charge in [-0.15, -0.1) is 0 Å². The van der Waals surface area contributed by atoms with Crippen LogP contribution < -0.4 is 15.4 Å². The lowest BCUT2D eigenvalue weighted by atomic mass is 9.95. The monoisotopic (exact) mass is 276 g/mol. The molecule has 1 atom stereocenters. The number of amides is 1. The number of ether oxygens (including phenoxy) is 1. The summed E-state index contributed by atoms with van der Waals surface area (Å²) in [6, 6.07) is 6.37. The number of hydrogen-bond donors (Lipinski definition) is 2. The van der Waals surface area contributed by atoms with Gasteiger partial charge in [-0.25, -0.2) is 0 Å². The molecule has 20 heavy (non-hydrogen) atoms. The van der Waals surface area contributed by atoms with Crippen LogP contribution >= 0.6 is 0 Å². The Kier molecular flexibility index (Phi) is 5.01. The highest BCUT2D eigenvalue weighted by atomic mass is 16.5. The zero-order valence-corrected chi connectivity index (χ0v) is 12.5. The molecule has 0 aromatic heterocycles. The van der Waals surface area contributed by atoms with Gasteiger partial charge in [-0.3, -0.25) is 4.79 Å². The summed E-state index contributed by atoms with van der Waals surface area (Å²) in [5.74, 6) is 1.40. The summed E-state index contributed by atoms with van der Waals surface area (Å²) in [4.78, 5) is 11.8. The molecule has 1 aliphatic rings. The van der Waals surface area contributed by atoms with Crippen molar-refractivity contribution in [2.24, 2.45) is 0 Å². The van der Waals surface area contributed by atoms with Crippen molar-refractivity contribution >= 4 is 5.91 Å². The van der Waals surface area contributed by atoms with E-state index < -0.39 is 0 Å². The van der Waals surface area contributed by atoms with E-state index in [-0.39, 0.29) is 11.9 Å². The SMILES string of the molecule is CNCC(=O)NC1CCCOc2ccc(C(C)C)cc21. The first-order valence-electron chi connectivity index (χ1n) is 7.32. The van der Waals surface area contributed by atoms with E-state index in [2.05, 4.69) is 36.6 Å². The maximum absolute atomic E-state index is 11.8. The van der Waals surface area contributed by atoms with Crippen LogP contribution in [-0.4, -0.2) is 26.1 Å². The van der Waals surface area contributed by atoms with E-state index in [1.54, 1.807) is 7.05 Å². The Hall–Kier alpha value is -1.55. The summed E-state index contributed by atoms with van der Waals surface area (Å²) in [5.41, 5.74) is 2.39. The summed E-state index contributed by atoms with van der Waals surface area (Å²) < 4.78 is 5.79. The van der Waals surface area contributed by atoms with Crippen molar-refractivity contribution in [3.8, 4) is 5.75 Å². The van der Waals surface area contributed by atoms with Crippen molar-refractivity contribution in [2.45, 2.75) is 38.6 Å². The molecule has 2 rings (SSSR count). The summed E-state index contributed by atoms with van der Waals surface area (Å²) >= 11 is 0. The molecule has 2 N–H and O–H groups in total. The Labute approximate surface area is 120 Å². The average Bonchev–Trinajstić information content (AvgIpc) is 2.61. The Morgan fingerprint density at radius 3 is 2.95 bits per heavy atom. The highest BCUT2D eigenvalue weighted by Crippen LogP contribution is 2.33. The van der Waals surface area contributed by atoms with Crippen LogP contribution in [0.3, 0.4) is 0 Å². The minimum Gasteiger partial charge on any atom is -0.493 e. The molecule has 0 radical (unpaired) electrons. The molecule has 1 aromatic carbocycles. The normalized spacial score (nSPS) is 18.1. The highest BCUT2D eigenvalue weighted by Gasteiger charge is 2.22. The predicted octanol–water partition coefficient (Wildman–Crippen LogP) is 2.36. The van der Waals surface area contributed by atoms with E-state index in [1.165, 1.54) is 5.56 Å². The molecule has 1 unspecified atom stereocenters. The van der Waals surface area contributed by atoms with Gasteiger partial charge in [-0.1, -0.05) is 19.9 Å². The summed E-state index contributed by atoms with van der Waals surface area (Å²) in [5, 5.41) is 5.98. The van der Waals surface area contributed by atoms with Crippen LogP contribution in [0.4, 0.5) is 0 Å². The quantitative estimate of drug-likeness (QED) is 0.887. The van der Waals surface area contributed by atoms with Gasteiger partial charge in [0.1, 0.15) is 5.75 Å². The van der Waals surface area contributed by atoms with Crippen LogP contribution in [0.25, 0.3) is 0 Å². The Morgan fingerprint density at radius 2 is 2.25 bits per heavy atom. The lowest BCUT2D eigenvalue weighted by Gasteiger charge is -2.20. The van der Waals surface area contributed by atoms with E-state index in [4.69, 9.17) is 4.74 Å². The van der Waals surface area contributed by atoms with Crippen LogP contribution in [0.1, 0.15) is 49.8 Å². The first-order chi connectivity index (χ1) is 9.61. The minimum atomic E-state index is 0.0281. The molecular formula is C16H24N2O2. The number of carbonyl (C=O) groups excluding carboxylic acids is 1. The zero-order chi connectivity index (χ0) is 14.5. The summed E-state index contributed by atoms with van der Waals surface area (Å²) in [7, 11) is 1.78. The fraction of sp³-hybridized carbons (Fsp3) is 0.562. The van der Waals surface area contributed by atoms with Crippen molar-refractivity contribution in [1.29, 1.82) is 0 Å². The molecule has 1 aliphatic heterocycles. The van der Waals surface area contributed by atoms with Crippen LogP contribution in [0.5, 0.6) is 5.75 Å². The molecule has 0 aliphatic carbocycles. The third kappa shape index (κ3) is 3.51. The maximum Gasteiger partial charge on any atom is 0.234 e. The van der Waals surface area contributed by atoms with E-state index in [9.17, 15) is 4.79 Å². The second kappa shape index (κ2) is 6.75. The van der Waals surface area contributed by atoms with Crippen LogP contribution in [0.2, 0.25) is 0 Å². The lowest BCUT2D eigenvalue weighted by Crippen LogP contribution is -2.35. The Morgan fingerprint density at radius 1 is 1.45 bits per heavy atom. The van der Waals surface area contributed by atoms with Crippen LogP contribution in [-0.2, 0) is 4.79 Å². The minimum absolute atomic E-state index is 0.0281. The Balaban J connectivity index is 2.26. The summed E-state index contributed by atoms with van der Waals surface area (Å²) in [6.45, 7) is 5.41. The standard InChI is InChI=1S/C16H24N2O2/c1-11(2)12-6-7-15-13(9-12)14(5-4-8-20-15)18-16(19)10-17-3/h6-7,9,11,14,17H,4-5,8,10H2,1-3H3,(H,18,19). The first kappa shape index (κ1) is 14.9. The largest absolute Gasteiger partial charge is 0.493 e. The molecule has 0 spiro atoms. The smallest absolute Gasteiger partial charge is 0.234 e. The molecule has 0 saturated carbocycles. The molecular weight excluding hydrogens is 252 g/mol. The maximum atomic E-state index is 11.8. The Bertz CT molecular complexity index is 472. The van der Waals surface area contributed by atoms with Crippen molar-refractivity contribution in [2.75, 3.05) is 20.2 Å². The fourth-order valence-corrected chi connectivity index (χ4v) is 2.51. The van der Waals surface area contributed by atoms with Gasteiger partial charge in [0, 0.05) is 5.56 Å². The molecule has 110 valence electrons. The average molecular weight is 276 g/mol. The number of benzene rings is 1. The van der Waals surface area contributed by atoms with Gasteiger partial charge in [0.05, 0.1) is 19.2 Å². The number of hydrogen-bond acceptors (Lipinski definition) is 3. The molecule has 4 heteroatoms. The number of likely N-dealkylation sites (N-methyl/N-ethyl adjacent to an activating group) is 1. The van der Waals surface area contributed by atoms with Gasteiger partial charge in [0.2, 0.25) is 5.91 Å². The molecule has 4 nitrogen and oxygen atoms in total. The van der Waals surface area contributed by atoms with Gasteiger partial charge in [-0.2, -0.15) is 0 Å². The number of nitrogens with one attached hydrogen (secondary N) is 2. The van der Waals surface area contributed by atoms with Crippen molar-refractivity contribution in [3.63, 3.8) is 0 Å². The molecule has 0 bridgehead atoms. The van der Waals surface area contributed by atoms with E-state index in [1.807, 2.05) is 6.07 Å². The van der Waals surface area contributed by atoms with Crippen molar-refractivity contribution in [1.82, 2.24) is 10.6 Å². The van der Waals surface area contributed by atoms with E-state index >= 15 is 0 Å². The highest BCUT2D eigenvalue weighted by molar-refractivity contribution is 5.78. The fourth-order valence-electron chi connectivity index (χ4n) is 2.51. The van der Waals surface area contributed by atoms with Gasteiger partial charge in [-0.05, 0) is 43.5 Å². The second-order valence-corrected chi connectivity index (χ2v) is 5.59. The van der Waals surface area contributed by atoms with Crippen molar-refractivity contribution < 1.29 is 9.53 Å². The van der Waals surface area contributed by atoms with E-state index in [0.29, 0.717) is 19.1 Å². The van der Waals surface area contributed by atoms with Crippen LogP contribution in [0.15, 0.2) is 18.2 Å². The van der Waals surface area contributed by atoms with Gasteiger partial charge >= 0.3 is 0 Å². The van der Waals surface area contributed by atoms with Crippen LogP contribution in [0, 0.1) is 0 Å². The zero-order valence-electron chi connectivity index (χ0n) is 12.5. The topological polar surface area (TPSA) is 50.4 Å². The third-order valence-corrected chi connectivity index (χ3v) is 3.64. The predicted molar refractivity (Wildman–Crippen MR) is 80.1 cm³/mol. The number of carbonyl (C=O) groups is 1. The van der Waals surface area contributed by atoms with Gasteiger partial charge < -0.3 is 15.4 Å². The third-order valence-electron chi connectivity index (χ3n) is 3.64. The van der Waals surface area contributed by atoms with Gasteiger partial charge in [0.25, 0.3) is 0 Å². The number of fused-ring (bicyclic) bond motifs is 1. The second-order valence-electron chi connectivity index (χ2n) is 5.59. The molecule has 1 amide bonds. The van der Waals surface area contributed by atoms with Crippen molar-refractivity contribution in [3.05, 3.63) is 29.3 Å². The molecule has 1 aromatic rings.